The Bertz CT molecular complexity index is 645. The molecule has 23 heavy (non-hydrogen) atoms. The van der Waals surface area contributed by atoms with E-state index >= 15 is 0 Å². The van der Waals surface area contributed by atoms with E-state index < -0.39 is 5.97 Å². The molecular formula is C16H16BrNO4S. The van der Waals surface area contributed by atoms with Crippen molar-refractivity contribution >= 4 is 39.1 Å². The Morgan fingerprint density at radius 3 is 2.78 bits per heavy atom. The molecule has 0 atom stereocenters. The van der Waals surface area contributed by atoms with E-state index in [2.05, 4.69) is 21.2 Å². The van der Waals surface area contributed by atoms with Gasteiger partial charge in [-0.2, -0.15) is 0 Å². The lowest BCUT2D eigenvalue weighted by Crippen LogP contribution is -2.31. The maximum absolute atomic E-state index is 11.6. The van der Waals surface area contributed by atoms with E-state index in [1.165, 1.54) is 4.88 Å². The van der Waals surface area contributed by atoms with Gasteiger partial charge < -0.3 is 14.8 Å². The van der Waals surface area contributed by atoms with Gasteiger partial charge in [0, 0.05) is 15.9 Å². The standard InChI is InChI=1S/C16H16BrNO4S/c17-12-3-1-4-13(9-12)21-11-16(20)22-10-15(19)18-7-6-14-5-2-8-23-14/h1-5,8-9H,6-7,10-11H2,(H,18,19). The summed E-state index contributed by atoms with van der Waals surface area (Å²) in [5.41, 5.74) is 0. The molecule has 1 N–H and O–H groups in total. The van der Waals surface area contributed by atoms with E-state index in [0.29, 0.717) is 12.3 Å². The molecule has 1 aromatic heterocycles. The zero-order valence-electron chi connectivity index (χ0n) is 12.3. The van der Waals surface area contributed by atoms with Crippen molar-refractivity contribution in [2.45, 2.75) is 6.42 Å². The highest BCUT2D eigenvalue weighted by Gasteiger charge is 2.08. The number of amides is 1. The van der Waals surface area contributed by atoms with Gasteiger partial charge in [0.15, 0.2) is 13.2 Å². The van der Waals surface area contributed by atoms with Crippen LogP contribution in [0.25, 0.3) is 0 Å². The van der Waals surface area contributed by atoms with Crippen LogP contribution in [0.1, 0.15) is 4.88 Å². The fraction of sp³-hybridized carbons (Fsp3) is 0.250. The summed E-state index contributed by atoms with van der Waals surface area (Å²) in [4.78, 5) is 24.3. The fourth-order valence-corrected chi connectivity index (χ4v) is 2.80. The number of esters is 1. The molecule has 0 aliphatic rings. The maximum atomic E-state index is 11.6. The van der Waals surface area contributed by atoms with Crippen molar-refractivity contribution in [3.63, 3.8) is 0 Å². The van der Waals surface area contributed by atoms with Gasteiger partial charge in [0.25, 0.3) is 5.91 Å². The smallest absolute Gasteiger partial charge is 0.344 e. The Kier molecular flexibility index (Phi) is 7.09. The summed E-state index contributed by atoms with van der Waals surface area (Å²) >= 11 is 4.95. The number of rotatable bonds is 8. The number of thiophene rings is 1. The molecule has 1 amide bonds. The van der Waals surface area contributed by atoms with E-state index in [0.717, 1.165) is 10.9 Å². The van der Waals surface area contributed by atoms with E-state index in [4.69, 9.17) is 9.47 Å². The zero-order chi connectivity index (χ0) is 16.5. The maximum Gasteiger partial charge on any atom is 0.344 e. The molecule has 0 saturated heterocycles. The van der Waals surface area contributed by atoms with E-state index in [1.54, 1.807) is 29.5 Å². The van der Waals surface area contributed by atoms with Crippen LogP contribution in [0.2, 0.25) is 0 Å². The highest BCUT2D eigenvalue weighted by Crippen LogP contribution is 2.17. The van der Waals surface area contributed by atoms with Crippen LogP contribution < -0.4 is 10.1 Å². The van der Waals surface area contributed by atoms with Crippen LogP contribution >= 0.6 is 27.3 Å². The Morgan fingerprint density at radius 2 is 2.04 bits per heavy atom. The van der Waals surface area contributed by atoms with Crippen LogP contribution in [0.4, 0.5) is 0 Å². The summed E-state index contributed by atoms with van der Waals surface area (Å²) in [6.45, 7) is -0.0184. The number of ether oxygens (including phenoxy) is 2. The van der Waals surface area contributed by atoms with Gasteiger partial charge in [-0.25, -0.2) is 4.79 Å². The predicted octanol–water partition coefficient (Wildman–Crippen LogP) is 2.79. The minimum absolute atomic E-state index is 0.237. The zero-order valence-corrected chi connectivity index (χ0v) is 14.7. The number of hydrogen-bond donors (Lipinski definition) is 1. The monoisotopic (exact) mass is 397 g/mol. The molecule has 0 bridgehead atoms. The molecule has 0 spiro atoms. The van der Waals surface area contributed by atoms with Gasteiger partial charge >= 0.3 is 5.97 Å². The lowest BCUT2D eigenvalue weighted by molar-refractivity contribution is -0.150. The summed E-state index contributed by atoms with van der Waals surface area (Å²) in [7, 11) is 0. The molecule has 1 aromatic carbocycles. The van der Waals surface area contributed by atoms with Gasteiger partial charge in [-0.3, -0.25) is 4.79 Å². The molecule has 0 fully saturated rings. The molecule has 0 radical (unpaired) electrons. The quantitative estimate of drug-likeness (QED) is 0.695. The van der Waals surface area contributed by atoms with Gasteiger partial charge in [0.1, 0.15) is 5.75 Å². The Morgan fingerprint density at radius 1 is 1.17 bits per heavy atom. The second-order valence-corrected chi connectivity index (χ2v) is 6.53. The van der Waals surface area contributed by atoms with Crippen LogP contribution in [-0.4, -0.2) is 31.6 Å². The van der Waals surface area contributed by atoms with Crippen molar-refractivity contribution in [3.05, 3.63) is 51.1 Å². The third-order valence-electron chi connectivity index (χ3n) is 2.79. The van der Waals surface area contributed by atoms with Crippen molar-refractivity contribution in [1.29, 1.82) is 0 Å². The topological polar surface area (TPSA) is 64.6 Å². The summed E-state index contributed by atoms with van der Waals surface area (Å²) in [6.07, 6.45) is 0.767. The molecular weight excluding hydrogens is 382 g/mol. The lowest BCUT2D eigenvalue weighted by atomic mass is 10.3. The SMILES string of the molecule is O=C(COC(=O)COc1cccc(Br)c1)NCCc1cccs1. The number of nitrogens with one attached hydrogen (secondary N) is 1. The summed E-state index contributed by atoms with van der Waals surface area (Å²) in [6, 6.07) is 11.1. The van der Waals surface area contributed by atoms with Gasteiger partial charge in [-0.15, -0.1) is 11.3 Å². The number of carbonyl (C=O) groups excluding carboxylic acids is 2. The molecule has 0 aliphatic carbocycles. The predicted molar refractivity (Wildman–Crippen MR) is 91.6 cm³/mol. The Balaban J connectivity index is 1.59. The van der Waals surface area contributed by atoms with E-state index in [1.807, 2.05) is 23.6 Å². The number of carbonyl (C=O) groups is 2. The summed E-state index contributed by atoms with van der Waals surface area (Å²) in [5.74, 6) is -0.354. The first-order chi connectivity index (χ1) is 11.1. The average molecular weight is 398 g/mol. The minimum Gasteiger partial charge on any atom is -0.482 e. The second kappa shape index (κ2) is 9.32. The van der Waals surface area contributed by atoms with Crippen molar-refractivity contribution in [3.8, 4) is 5.75 Å². The largest absolute Gasteiger partial charge is 0.482 e. The molecule has 0 aliphatic heterocycles. The third kappa shape index (κ3) is 6.83. The molecule has 0 unspecified atom stereocenters. The first-order valence-corrected chi connectivity index (χ1v) is 8.64. The summed E-state index contributed by atoms with van der Waals surface area (Å²) < 4.78 is 11.0. The Labute approximate surface area is 146 Å². The fourth-order valence-electron chi connectivity index (χ4n) is 1.72. The van der Waals surface area contributed by atoms with Gasteiger partial charge in [-0.1, -0.05) is 28.1 Å². The minimum atomic E-state index is -0.585. The molecule has 2 rings (SSSR count). The van der Waals surface area contributed by atoms with Crippen molar-refractivity contribution in [2.75, 3.05) is 19.8 Å². The Hall–Kier alpha value is -1.86. The number of halogens is 1. The molecule has 122 valence electrons. The number of hydrogen-bond acceptors (Lipinski definition) is 5. The van der Waals surface area contributed by atoms with Gasteiger partial charge in [-0.05, 0) is 36.1 Å². The number of benzene rings is 1. The third-order valence-corrected chi connectivity index (χ3v) is 4.22. The average Bonchev–Trinajstić information content (AvgIpc) is 3.04. The van der Waals surface area contributed by atoms with Crippen LogP contribution in [0.15, 0.2) is 46.3 Å². The summed E-state index contributed by atoms with van der Waals surface area (Å²) in [5, 5.41) is 4.69. The second-order valence-electron chi connectivity index (χ2n) is 4.59. The highest BCUT2D eigenvalue weighted by atomic mass is 79.9. The first-order valence-electron chi connectivity index (χ1n) is 6.96. The molecule has 7 heteroatoms. The van der Waals surface area contributed by atoms with Gasteiger partial charge in [0.2, 0.25) is 0 Å². The first kappa shape index (κ1) is 17.5. The lowest BCUT2D eigenvalue weighted by Gasteiger charge is -2.08. The molecule has 2 aromatic rings. The van der Waals surface area contributed by atoms with Crippen LogP contribution in [0.3, 0.4) is 0 Å². The van der Waals surface area contributed by atoms with Crippen molar-refractivity contribution < 1.29 is 19.1 Å². The van der Waals surface area contributed by atoms with Crippen LogP contribution in [0, 0.1) is 0 Å². The van der Waals surface area contributed by atoms with E-state index in [9.17, 15) is 9.59 Å². The van der Waals surface area contributed by atoms with Crippen molar-refractivity contribution in [1.82, 2.24) is 5.32 Å². The van der Waals surface area contributed by atoms with Crippen LogP contribution in [-0.2, 0) is 20.7 Å². The molecule has 5 nitrogen and oxygen atoms in total. The normalized spacial score (nSPS) is 10.1. The van der Waals surface area contributed by atoms with Crippen LogP contribution in [0.5, 0.6) is 5.75 Å². The van der Waals surface area contributed by atoms with E-state index in [-0.39, 0.29) is 19.1 Å². The molecule has 1 heterocycles. The highest BCUT2D eigenvalue weighted by molar-refractivity contribution is 9.10. The van der Waals surface area contributed by atoms with Crippen molar-refractivity contribution in [2.24, 2.45) is 0 Å². The molecule has 0 saturated carbocycles. The van der Waals surface area contributed by atoms with Gasteiger partial charge in [0.05, 0.1) is 0 Å².